The summed E-state index contributed by atoms with van der Waals surface area (Å²) >= 11 is 0. The number of allylic oxidation sites excluding steroid dienone is 1. The Balaban J connectivity index is 2.90. The molecule has 0 aliphatic carbocycles. The number of benzene rings is 1. The molecule has 0 radical (unpaired) electrons. The monoisotopic (exact) mass is 188 g/mol. The molecule has 0 aliphatic rings. The van der Waals surface area contributed by atoms with E-state index in [4.69, 9.17) is 0 Å². The smallest absolute Gasteiger partial charge is 0.155 e. The van der Waals surface area contributed by atoms with E-state index in [1.165, 1.54) is 6.08 Å². The molecule has 0 N–H and O–H groups in total. The first-order valence-electron chi connectivity index (χ1n) is 4.53. The predicted molar refractivity (Wildman–Crippen MR) is 56.2 cm³/mol. The van der Waals surface area contributed by atoms with Gasteiger partial charge in [-0.3, -0.25) is 9.59 Å². The molecule has 14 heavy (non-hydrogen) atoms. The van der Waals surface area contributed by atoms with Gasteiger partial charge in [-0.2, -0.15) is 0 Å². The van der Waals surface area contributed by atoms with Gasteiger partial charge in [0.25, 0.3) is 0 Å². The summed E-state index contributed by atoms with van der Waals surface area (Å²) in [6.45, 7) is 1.80. The zero-order valence-electron chi connectivity index (χ0n) is 8.07. The fourth-order valence-corrected chi connectivity index (χ4v) is 1.07. The van der Waals surface area contributed by atoms with Gasteiger partial charge in [-0.1, -0.05) is 37.3 Å². The van der Waals surface area contributed by atoms with Crippen LogP contribution < -0.4 is 0 Å². The number of hydrogen-bond donors (Lipinski definition) is 0. The van der Waals surface area contributed by atoms with E-state index in [-0.39, 0.29) is 5.78 Å². The Morgan fingerprint density at radius 2 is 1.93 bits per heavy atom. The first-order chi connectivity index (χ1) is 6.77. The van der Waals surface area contributed by atoms with E-state index in [9.17, 15) is 9.59 Å². The third kappa shape index (κ3) is 2.66. The fraction of sp³-hybridized carbons (Fsp3) is 0.167. The summed E-state index contributed by atoms with van der Waals surface area (Å²) in [4.78, 5) is 21.6. The zero-order valence-corrected chi connectivity index (χ0v) is 8.07. The SMILES string of the molecule is CCC(=O)/C=C/c1ccccc1C=O. The quantitative estimate of drug-likeness (QED) is 0.537. The molecule has 2 nitrogen and oxygen atoms in total. The molecule has 1 rings (SSSR count). The van der Waals surface area contributed by atoms with Crippen molar-refractivity contribution in [2.24, 2.45) is 0 Å². The summed E-state index contributed by atoms with van der Waals surface area (Å²) in [5.74, 6) is 0.0608. The molecule has 0 aliphatic heterocycles. The van der Waals surface area contributed by atoms with Crippen LogP contribution >= 0.6 is 0 Å². The minimum Gasteiger partial charge on any atom is -0.298 e. The van der Waals surface area contributed by atoms with Gasteiger partial charge in [0.05, 0.1) is 0 Å². The molecular formula is C12H12O2. The van der Waals surface area contributed by atoms with Crippen molar-refractivity contribution in [3.63, 3.8) is 0 Å². The molecule has 0 aromatic heterocycles. The minimum atomic E-state index is 0.0608. The third-order valence-corrected chi connectivity index (χ3v) is 1.92. The predicted octanol–water partition coefficient (Wildman–Crippen LogP) is 2.49. The van der Waals surface area contributed by atoms with Crippen LogP contribution in [0.5, 0.6) is 0 Å². The van der Waals surface area contributed by atoms with Gasteiger partial charge in [0.2, 0.25) is 0 Å². The molecule has 0 bridgehead atoms. The average Bonchev–Trinajstić information content (AvgIpc) is 2.26. The Kier molecular flexibility index (Phi) is 3.80. The van der Waals surface area contributed by atoms with Crippen molar-refractivity contribution in [3.05, 3.63) is 41.5 Å². The van der Waals surface area contributed by atoms with Gasteiger partial charge < -0.3 is 0 Å². The normalized spacial score (nSPS) is 10.4. The van der Waals surface area contributed by atoms with Gasteiger partial charge in [0.1, 0.15) is 0 Å². The van der Waals surface area contributed by atoms with Crippen LogP contribution in [0.4, 0.5) is 0 Å². The molecule has 0 amide bonds. The number of ketones is 1. The van der Waals surface area contributed by atoms with E-state index in [2.05, 4.69) is 0 Å². The topological polar surface area (TPSA) is 34.1 Å². The summed E-state index contributed by atoms with van der Waals surface area (Å²) in [5, 5.41) is 0. The molecular weight excluding hydrogens is 176 g/mol. The van der Waals surface area contributed by atoms with E-state index in [0.717, 1.165) is 11.8 Å². The van der Waals surface area contributed by atoms with Crippen LogP contribution in [0.2, 0.25) is 0 Å². The summed E-state index contributed by atoms with van der Waals surface area (Å²) in [6, 6.07) is 7.16. The zero-order chi connectivity index (χ0) is 10.4. The lowest BCUT2D eigenvalue weighted by Crippen LogP contribution is -1.89. The van der Waals surface area contributed by atoms with Gasteiger partial charge >= 0.3 is 0 Å². The Morgan fingerprint density at radius 1 is 1.29 bits per heavy atom. The number of rotatable bonds is 4. The molecule has 0 heterocycles. The molecule has 1 aromatic carbocycles. The van der Waals surface area contributed by atoms with Crippen LogP contribution in [0.25, 0.3) is 6.08 Å². The highest BCUT2D eigenvalue weighted by Gasteiger charge is 1.96. The first kappa shape index (κ1) is 10.4. The lowest BCUT2D eigenvalue weighted by molar-refractivity contribution is -0.114. The van der Waals surface area contributed by atoms with E-state index < -0.39 is 0 Å². The Hall–Kier alpha value is -1.70. The van der Waals surface area contributed by atoms with Gasteiger partial charge in [-0.25, -0.2) is 0 Å². The van der Waals surface area contributed by atoms with Crippen LogP contribution in [-0.2, 0) is 4.79 Å². The van der Waals surface area contributed by atoms with Crippen molar-refractivity contribution in [1.29, 1.82) is 0 Å². The highest BCUT2D eigenvalue weighted by Crippen LogP contribution is 2.08. The van der Waals surface area contributed by atoms with Gasteiger partial charge in [-0.05, 0) is 11.6 Å². The van der Waals surface area contributed by atoms with Crippen molar-refractivity contribution in [3.8, 4) is 0 Å². The fourth-order valence-electron chi connectivity index (χ4n) is 1.07. The molecule has 0 saturated heterocycles. The van der Waals surface area contributed by atoms with Crippen LogP contribution in [-0.4, -0.2) is 12.1 Å². The maximum atomic E-state index is 11.0. The Bertz CT molecular complexity index is 364. The van der Waals surface area contributed by atoms with Gasteiger partial charge in [-0.15, -0.1) is 0 Å². The average molecular weight is 188 g/mol. The summed E-state index contributed by atoms with van der Waals surface area (Å²) < 4.78 is 0. The molecule has 72 valence electrons. The van der Waals surface area contributed by atoms with Crippen LogP contribution in [0.15, 0.2) is 30.3 Å². The molecule has 0 saturated carbocycles. The van der Waals surface area contributed by atoms with Crippen molar-refractivity contribution < 1.29 is 9.59 Å². The first-order valence-corrected chi connectivity index (χ1v) is 4.53. The molecule has 0 unspecified atom stereocenters. The second-order valence-corrected chi connectivity index (χ2v) is 2.90. The van der Waals surface area contributed by atoms with Gasteiger partial charge in [0.15, 0.2) is 12.1 Å². The molecule has 2 heteroatoms. The lowest BCUT2D eigenvalue weighted by atomic mass is 10.1. The highest BCUT2D eigenvalue weighted by molar-refractivity contribution is 5.94. The second kappa shape index (κ2) is 5.12. The standard InChI is InChI=1S/C12H12O2/c1-2-12(14)8-7-10-5-3-4-6-11(10)9-13/h3-9H,2H2,1H3/b8-7+. The maximum Gasteiger partial charge on any atom is 0.155 e. The van der Waals surface area contributed by atoms with Gasteiger partial charge in [0, 0.05) is 12.0 Å². The summed E-state index contributed by atoms with van der Waals surface area (Å²) in [5.41, 5.74) is 1.39. The molecule has 0 atom stereocenters. The second-order valence-electron chi connectivity index (χ2n) is 2.90. The number of carbonyl (C=O) groups excluding carboxylic acids is 2. The van der Waals surface area contributed by atoms with E-state index in [1.54, 1.807) is 25.1 Å². The molecule has 0 fully saturated rings. The summed E-state index contributed by atoms with van der Waals surface area (Å²) in [7, 11) is 0. The number of hydrogen-bond acceptors (Lipinski definition) is 2. The number of aldehydes is 1. The van der Waals surface area contributed by atoms with Crippen LogP contribution in [0.3, 0.4) is 0 Å². The number of carbonyl (C=O) groups is 2. The largest absolute Gasteiger partial charge is 0.298 e. The van der Waals surface area contributed by atoms with Crippen molar-refractivity contribution in [2.75, 3.05) is 0 Å². The molecule has 0 spiro atoms. The molecule has 1 aromatic rings. The van der Waals surface area contributed by atoms with Crippen molar-refractivity contribution >= 4 is 18.1 Å². The maximum absolute atomic E-state index is 11.0. The van der Waals surface area contributed by atoms with E-state index in [0.29, 0.717) is 12.0 Å². The summed E-state index contributed by atoms with van der Waals surface area (Å²) in [6.07, 6.45) is 4.45. The van der Waals surface area contributed by atoms with Crippen LogP contribution in [0.1, 0.15) is 29.3 Å². The Labute approximate surface area is 83.3 Å². The third-order valence-electron chi connectivity index (χ3n) is 1.92. The van der Waals surface area contributed by atoms with Crippen LogP contribution in [0, 0.1) is 0 Å². The Morgan fingerprint density at radius 3 is 2.50 bits per heavy atom. The van der Waals surface area contributed by atoms with Crippen molar-refractivity contribution in [2.45, 2.75) is 13.3 Å². The minimum absolute atomic E-state index is 0.0608. The lowest BCUT2D eigenvalue weighted by Gasteiger charge is -1.96. The van der Waals surface area contributed by atoms with E-state index in [1.807, 2.05) is 12.1 Å². The highest BCUT2D eigenvalue weighted by atomic mass is 16.1. The van der Waals surface area contributed by atoms with Crippen molar-refractivity contribution in [1.82, 2.24) is 0 Å². The van der Waals surface area contributed by atoms with E-state index >= 15 is 0 Å².